The Balaban J connectivity index is 1.92. The summed E-state index contributed by atoms with van der Waals surface area (Å²) in [6.07, 6.45) is 2.48. The van der Waals surface area contributed by atoms with Crippen LogP contribution in [-0.2, 0) is 0 Å². The molecule has 1 N–H and O–H groups in total. The third kappa shape index (κ3) is 3.25. The van der Waals surface area contributed by atoms with E-state index in [1.807, 2.05) is 23.9 Å². The minimum Gasteiger partial charge on any atom is -0.335 e. The Morgan fingerprint density at radius 3 is 3.19 bits per heavy atom. The van der Waals surface area contributed by atoms with Gasteiger partial charge in [-0.2, -0.15) is 0 Å². The lowest BCUT2D eigenvalue weighted by Crippen LogP contribution is -2.07. The van der Waals surface area contributed by atoms with Gasteiger partial charge in [-0.05, 0) is 24.6 Å². The number of hydrogen-bond acceptors (Lipinski definition) is 3. The first kappa shape index (κ1) is 12.0. The quantitative estimate of drug-likeness (QED) is 0.907. The second-order valence-corrected chi connectivity index (χ2v) is 6.01. The van der Waals surface area contributed by atoms with Gasteiger partial charge in [-0.1, -0.05) is 47.1 Å². The van der Waals surface area contributed by atoms with Crippen LogP contribution in [0.4, 0.5) is 5.69 Å². The van der Waals surface area contributed by atoms with Gasteiger partial charge in [0.2, 0.25) is 0 Å². The summed E-state index contributed by atoms with van der Waals surface area (Å²) in [5, 5.41) is 5.07. The molecule has 86 valence electrons. The van der Waals surface area contributed by atoms with E-state index in [2.05, 4.69) is 45.3 Å². The van der Waals surface area contributed by atoms with Crippen molar-refractivity contribution in [3.05, 3.63) is 28.7 Å². The van der Waals surface area contributed by atoms with Crippen molar-refractivity contribution in [2.45, 2.75) is 25.0 Å². The highest BCUT2D eigenvalue weighted by Gasteiger charge is 2.18. The Kier molecular flexibility index (Phi) is 4.29. The van der Waals surface area contributed by atoms with E-state index in [-0.39, 0.29) is 0 Å². The average molecular weight is 299 g/mol. The van der Waals surface area contributed by atoms with E-state index in [4.69, 9.17) is 0 Å². The summed E-state index contributed by atoms with van der Waals surface area (Å²) in [5.41, 5.74) is 1.10. The molecule has 1 aliphatic rings. The van der Waals surface area contributed by atoms with Gasteiger partial charge >= 0.3 is 0 Å². The van der Waals surface area contributed by atoms with Gasteiger partial charge in [0, 0.05) is 15.4 Å². The summed E-state index contributed by atoms with van der Waals surface area (Å²) >= 11 is 5.32. The molecule has 1 heterocycles. The van der Waals surface area contributed by atoms with Crippen LogP contribution < -0.4 is 5.32 Å². The number of halogens is 1. The van der Waals surface area contributed by atoms with Crippen LogP contribution in [0.3, 0.4) is 0 Å². The predicted octanol–water partition coefficient (Wildman–Crippen LogP) is 4.13. The number of hydrogen-bond donors (Lipinski definition) is 1. The molecule has 4 heteroatoms. The number of thioether (sulfide) groups is 1. The zero-order valence-corrected chi connectivity index (χ0v) is 11.6. The van der Waals surface area contributed by atoms with Gasteiger partial charge in [-0.15, -0.1) is 0 Å². The summed E-state index contributed by atoms with van der Waals surface area (Å²) in [7, 11) is 0. The fourth-order valence-corrected chi connectivity index (χ4v) is 3.19. The van der Waals surface area contributed by atoms with Gasteiger partial charge in [0.25, 0.3) is 0 Å². The molecule has 0 fully saturated rings. The van der Waals surface area contributed by atoms with Crippen LogP contribution in [0.1, 0.15) is 19.8 Å². The first-order valence-corrected chi connectivity index (χ1v) is 7.19. The Morgan fingerprint density at radius 1 is 1.56 bits per heavy atom. The standard InChI is InChI=1S/C12H15BrN2S/c1-2-4-11-8-14-12(16-11)15-10-6-3-5-9(13)7-10/h3,5-7,11H,2,4,8H2,1H3,(H,14,15). The molecule has 0 bridgehead atoms. The maximum Gasteiger partial charge on any atom is 0.161 e. The van der Waals surface area contributed by atoms with Crippen molar-refractivity contribution < 1.29 is 0 Å². The second-order valence-electron chi connectivity index (χ2n) is 3.81. The highest BCUT2D eigenvalue weighted by Crippen LogP contribution is 2.26. The maximum absolute atomic E-state index is 4.51. The topological polar surface area (TPSA) is 24.4 Å². The first-order chi connectivity index (χ1) is 7.78. The lowest BCUT2D eigenvalue weighted by molar-refractivity contribution is 0.754. The van der Waals surface area contributed by atoms with Gasteiger partial charge in [-0.3, -0.25) is 4.99 Å². The van der Waals surface area contributed by atoms with Gasteiger partial charge in [-0.25, -0.2) is 0 Å². The van der Waals surface area contributed by atoms with Crippen molar-refractivity contribution in [3.8, 4) is 0 Å². The number of aliphatic imine (C=N–C) groups is 1. The molecule has 1 aromatic rings. The summed E-state index contributed by atoms with van der Waals surface area (Å²) in [4.78, 5) is 4.51. The van der Waals surface area contributed by atoms with Crippen molar-refractivity contribution in [1.29, 1.82) is 0 Å². The molecule has 0 radical (unpaired) electrons. The van der Waals surface area contributed by atoms with Crippen LogP contribution in [0.25, 0.3) is 0 Å². The molecule has 2 nitrogen and oxygen atoms in total. The molecule has 0 saturated heterocycles. The zero-order chi connectivity index (χ0) is 11.4. The molecule has 16 heavy (non-hydrogen) atoms. The Labute approximate surface area is 109 Å². The molecule has 1 aliphatic heterocycles. The molecular formula is C12H15BrN2S. The molecule has 0 amide bonds. The van der Waals surface area contributed by atoms with Crippen LogP contribution in [0.5, 0.6) is 0 Å². The van der Waals surface area contributed by atoms with E-state index in [1.165, 1.54) is 12.8 Å². The van der Waals surface area contributed by atoms with E-state index in [9.17, 15) is 0 Å². The number of anilines is 1. The molecule has 1 aromatic carbocycles. The number of nitrogens with one attached hydrogen (secondary N) is 1. The average Bonchev–Trinajstić information content (AvgIpc) is 2.66. The molecule has 0 aromatic heterocycles. The van der Waals surface area contributed by atoms with Gasteiger partial charge in [0.1, 0.15) is 0 Å². The monoisotopic (exact) mass is 298 g/mol. The van der Waals surface area contributed by atoms with E-state index >= 15 is 0 Å². The molecule has 1 atom stereocenters. The molecule has 2 rings (SSSR count). The fourth-order valence-electron chi connectivity index (χ4n) is 1.65. The molecule has 0 aliphatic carbocycles. The minimum atomic E-state index is 0.666. The third-order valence-electron chi connectivity index (χ3n) is 2.40. The van der Waals surface area contributed by atoms with E-state index in [0.717, 1.165) is 21.9 Å². The fraction of sp³-hybridized carbons (Fsp3) is 0.417. The maximum atomic E-state index is 4.51. The van der Waals surface area contributed by atoms with Gasteiger partial charge < -0.3 is 5.32 Å². The lowest BCUT2D eigenvalue weighted by Gasteiger charge is -2.07. The zero-order valence-electron chi connectivity index (χ0n) is 9.24. The van der Waals surface area contributed by atoms with Crippen LogP contribution in [0, 0.1) is 0 Å². The van der Waals surface area contributed by atoms with Crippen LogP contribution in [0.15, 0.2) is 33.7 Å². The molecular weight excluding hydrogens is 284 g/mol. The normalized spacial score (nSPS) is 19.6. The van der Waals surface area contributed by atoms with Gasteiger partial charge in [0.15, 0.2) is 5.17 Å². The first-order valence-electron chi connectivity index (χ1n) is 5.51. The lowest BCUT2D eigenvalue weighted by atomic mass is 10.2. The van der Waals surface area contributed by atoms with E-state index in [1.54, 1.807) is 0 Å². The Hall–Kier alpha value is -0.480. The Bertz CT molecular complexity index is 392. The van der Waals surface area contributed by atoms with Crippen LogP contribution >= 0.6 is 27.7 Å². The summed E-state index contributed by atoms with van der Waals surface area (Å²) in [6, 6.07) is 8.17. The van der Waals surface area contributed by atoms with Crippen molar-refractivity contribution >= 4 is 38.5 Å². The number of amidine groups is 1. The number of nitrogens with zero attached hydrogens (tertiary/aromatic N) is 1. The Morgan fingerprint density at radius 2 is 2.44 bits per heavy atom. The molecule has 1 unspecified atom stereocenters. The highest BCUT2D eigenvalue weighted by atomic mass is 79.9. The summed E-state index contributed by atoms with van der Waals surface area (Å²) < 4.78 is 1.09. The summed E-state index contributed by atoms with van der Waals surface area (Å²) in [5.74, 6) is 0. The van der Waals surface area contributed by atoms with Crippen molar-refractivity contribution in [2.75, 3.05) is 11.9 Å². The van der Waals surface area contributed by atoms with Crippen LogP contribution in [0.2, 0.25) is 0 Å². The van der Waals surface area contributed by atoms with Crippen molar-refractivity contribution in [1.82, 2.24) is 0 Å². The summed E-state index contributed by atoms with van der Waals surface area (Å²) in [6.45, 7) is 3.18. The van der Waals surface area contributed by atoms with Crippen molar-refractivity contribution in [2.24, 2.45) is 4.99 Å². The minimum absolute atomic E-state index is 0.666. The molecule has 0 saturated carbocycles. The van der Waals surface area contributed by atoms with E-state index in [0.29, 0.717) is 5.25 Å². The number of rotatable bonds is 3. The van der Waals surface area contributed by atoms with Crippen LogP contribution in [-0.4, -0.2) is 17.0 Å². The predicted molar refractivity (Wildman–Crippen MR) is 76.4 cm³/mol. The van der Waals surface area contributed by atoms with E-state index < -0.39 is 0 Å². The number of benzene rings is 1. The SMILES string of the molecule is CCCC1CN=C(Nc2cccc(Br)c2)S1. The smallest absolute Gasteiger partial charge is 0.161 e. The van der Waals surface area contributed by atoms with Gasteiger partial charge in [0.05, 0.1) is 6.54 Å². The highest BCUT2D eigenvalue weighted by molar-refractivity contribution is 9.10. The second kappa shape index (κ2) is 5.73. The largest absolute Gasteiger partial charge is 0.335 e. The third-order valence-corrected chi connectivity index (χ3v) is 4.07. The molecule has 0 spiro atoms. The van der Waals surface area contributed by atoms with Crippen molar-refractivity contribution in [3.63, 3.8) is 0 Å².